The van der Waals surface area contributed by atoms with E-state index in [1.54, 1.807) is 12.1 Å². The molecule has 0 aliphatic rings. The van der Waals surface area contributed by atoms with Crippen LogP contribution in [0.1, 0.15) is 11.3 Å². The van der Waals surface area contributed by atoms with Gasteiger partial charge in [-0.05, 0) is 29.8 Å². The van der Waals surface area contributed by atoms with E-state index in [-0.39, 0.29) is 17.2 Å². The smallest absolute Gasteiger partial charge is 0.238 e. The van der Waals surface area contributed by atoms with E-state index in [9.17, 15) is 13.2 Å². The molecule has 0 bridgehead atoms. The number of carbonyl (C=O) groups excluding carboxylic acids is 1. The number of primary sulfonamides is 1. The summed E-state index contributed by atoms with van der Waals surface area (Å²) in [7, 11) is -3.70. The molecule has 0 saturated heterocycles. The number of amides is 1. The van der Waals surface area contributed by atoms with Crippen molar-refractivity contribution in [2.75, 3.05) is 0 Å². The van der Waals surface area contributed by atoms with Crippen LogP contribution in [0.4, 0.5) is 0 Å². The van der Waals surface area contributed by atoms with Crippen molar-refractivity contribution in [3.8, 4) is 0 Å². The number of nitrogens with two attached hydrogens (primary N) is 1. The fourth-order valence-corrected chi connectivity index (χ4v) is 2.81. The summed E-state index contributed by atoms with van der Waals surface area (Å²) in [6, 6.07) is 11.7. The highest BCUT2D eigenvalue weighted by molar-refractivity contribution is 7.89. The lowest BCUT2D eigenvalue weighted by Crippen LogP contribution is -2.24. The van der Waals surface area contributed by atoms with Gasteiger partial charge in [-0.25, -0.2) is 18.5 Å². The number of benzene rings is 1. The maximum absolute atomic E-state index is 12.0. The van der Waals surface area contributed by atoms with Gasteiger partial charge in [0.2, 0.25) is 15.9 Å². The van der Waals surface area contributed by atoms with Crippen LogP contribution in [0.25, 0.3) is 5.65 Å². The SMILES string of the molecule is NS(=O)(=O)c1ccc(CNC(=O)Cc2cn3ccccc3n2)cc1. The van der Waals surface area contributed by atoms with Gasteiger partial charge in [0.25, 0.3) is 0 Å². The van der Waals surface area contributed by atoms with Gasteiger partial charge in [-0.15, -0.1) is 0 Å². The molecule has 2 heterocycles. The molecule has 2 aromatic heterocycles. The molecule has 8 heteroatoms. The number of sulfonamides is 1. The Bertz CT molecular complexity index is 945. The molecule has 3 aromatic rings. The Kier molecular flexibility index (Phi) is 4.32. The second kappa shape index (κ2) is 6.42. The number of aromatic nitrogens is 2. The van der Waals surface area contributed by atoms with Gasteiger partial charge < -0.3 is 9.72 Å². The second-order valence-corrected chi connectivity index (χ2v) is 6.90. The summed E-state index contributed by atoms with van der Waals surface area (Å²) in [5, 5.41) is 7.82. The molecule has 0 aliphatic carbocycles. The van der Waals surface area contributed by atoms with Crippen molar-refractivity contribution < 1.29 is 13.2 Å². The predicted molar refractivity (Wildman–Crippen MR) is 88.6 cm³/mol. The summed E-state index contributed by atoms with van der Waals surface area (Å²) < 4.78 is 24.2. The van der Waals surface area contributed by atoms with E-state index < -0.39 is 10.0 Å². The summed E-state index contributed by atoms with van der Waals surface area (Å²) in [5.41, 5.74) is 2.26. The number of imidazole rings is 1. The van der Waals surface area contributed by atoms with Crippen LogP contribution in [0.5, 0.6) is 0 Å². The predicted octanol–water partition coefficient (Wildman–Crippen LogP) is 0.841. The molecule has 0 atom stereocenters. The summed E-state index contributed by atoms with van der Waals surface area (Å²) >= 11 is 0. The van der Waals surface area contributed by atoms with E-state index >= 15 is 0 Å². The average Bonchev–Trinajstić information content (AvgIpc) is 2.94. The molecule has 124 valence electrons. The molecule has 24 heavy (non-hydrogen) atoms. The van der Waals surface area contributed by atoms with Crippen LogP contribution in [0, 0.1) is 0 Å². The van der Waals surface area contributed by atoms with Gasteiger partial charge >= 0.3 is 0 Å². The van der Waals surface area contributed by atoms with E-state index in [0.717, 1.165) is 11.2 Å². The summed E-state index contributed by atoms with van der Waals surface area (Å²) in [4.78, 5) is 16.4. The van der Waals surface area contributed by atoms with Crippen LogP contribution in [0.2, 0.25) is 0 Å². The molecular formula is C16H16N4O3S. The third-order valence-electron chi connectivity index (χ3n) is 3.50. The zero-order chi connectivity index (χ0) is 17.2. The fourth-order valence-electron chi connectivity index (χ4n) is 2.30. The van der Waals surface area contributed by atoms with Gasteiger partial charge in [-0.3, -0.25) is 4.79 Å². The largest absolute Gasteiger partial charge is 0.352 e. The highest BCUT2D eigenvalue weighted by Crippen LogP contribution is 2.09. The van der Waals surface area contributed by atoms with Gasteiger partial charge in [-0.2, -0.15) is 0 Å². The maximum Gasteiger partial charge on any atom is 0.238 e. The number of hydrogen-bond donors (Lipinski definition) is 2. The second-order valence-electron chi connectivity index (χ2n) is 5.34. The number of fused-ring (bicyclic) bond motifs is 1. The molecule has 0 saturated carbocycles. The van der Waals surface area contributed by atoms with Crippen LogP contribution >= 0.6 is 0 Å². The molecule has 0 fully saturated rings. The number of nitrogens with zero attached hydrogens (tertiary/aromatic N) is 2. The Morgan fingerprint density at radius 2 is 1.92 bits per heavy atom. The first kappa shape index (κ1) is 16.2. The molecule has 0 unspecified atom stereocenters. The van der Waals surface area contributed by atoms with E-state index in [0.29, 0.717) is 12.2 Å². The quantitative estimate of drug-likeness (QED) is 0.715. The molecule has 0 radical (unpaired) electrons. The molecule has 3 rings (SSSR count). The van der Waals surface area contributed by atoms with Gasteiger partial charge in [0.15, 0.2) is 0 Å². The minimum absolute atomic E-state index is 0.0438. The summed E-state index contributed by atoms with van der Waals surface area (Å²) in [5.74, 6) is -0.158. The molecule has 1 aromatic carbocycles. The summed E-state index contributed by atoms with van der Waals surface area (Å²) in [6.07, 6.45) is 3.86. The maximum atomic E-state index is 12.0. The standard InChI is InChI=1S/C16H16N4O3S/c17-24(22,23)14-6-4-12(5-7-14)10-18-16(21)9-13-11-20-8-2-1-3-15(20)19-13/h1-8,11H,9-10H2,(H,18,21)(H2,17,22,23). The van der Waals surface area contributed by atoms with Crippen molar-refractivity contribution in [2.24, 2.45) is 5.14 Å². The van der Waals surface area contributed by atoms with Crippen molar-refractivity contribution in [1.82, 2.24) is 14.7 Å². The first-order valence-corrected chi connectivity index (χ1v) is 8.77. The lowest BCUT2D eigenvalue weighted by atomic mass is 10.2. The molecule has 3 N–H and O–H groups in total. The third kappa shape index (κ3) is 3.79. The van der Waals surface area contributed by atoms with E-state index in [2.05, 4.69) is 10.3 Å². The molecule has 7 nitrogen and oxygen atoms in total. The van der Waals surface area contributed by atoms with Crippen molar-refractivity contribution in [3.63, 3.8) is 0 Å². The van der Waals surface area contributed by atoms with Gasteiger partial charge in [-0.1, -0.05) is 18.2 Å². The Morgan fingerprint density at radius 3 is 2.58 bits per heavy atom. The minimum Gasteiger partial charge on any atom is -0.352 e. The number of rotatable bonds is 5. The Hall–Kier alpha value is -2.71. The van der Waals surface area contributed by atoms with Crippen molar-refractivity contribution in [3.05, 3.63) is 66.1 Å². The Balaban J connectivity index is 1.59. The fraction of sp³-hybridized carbons (Fsp3) is 0.125. The highest BCUT2D eigenvalue weighted by Gasteiger charge is 2.09. The van der Waals surface area contributed by atoms with Crippen LogP contribution in [-0.4, -0.2) is 23.7 Å². The summed E-state index contributed by atoms with van der Waals surface area (Å²) in [6.45, 7) is 0.303. The molecule has 1 amide bonds. The lowest BCUT2D eigenvalue weighted by Gasteiger charge is -2.05. The van der Waals surface area contributed by atoms with Crippen LogP contribution in [0.3, 0.4) is 0 Å². The topological polar surface area (TPSA) is 107 Å². The van der Waals surface area contributed by atoms with Crippen molar-refractivity contribution in [1.29, 1.82) is 0 Å². The zero-order valence-corrected chi connectivity index (χ0v) is 13.5. The van der Waals surface area contributed by atoms with E-state index in [1.807, 2.05) is 35.0 Å². The number of nitrogens with one attached hydrogen (secondary N) is 1. The normalized spacial score (nSPS) is 11.5. The third-order valence-corrected chi connectivity index (χ3v) is 4.43. The molecular weight excluding hydrogens is 328 g/mol. The lowest BCUT2D eigenvalue weighted by molar-refractivity contribution is -0.120. The van der Waals surface area contributed by atoms with Crippen LogP contribution in [0.15, 0.2) is 59.8 Å². The van der Waals surface area contributed by atoms with Gasteiger partial charge in [0.1, 0.15) is 5.65 Å². The zero-order valence-electron chi connectivity index (χ0n) is 12.7. The monoisotopic (exact) mass is 344 g/mol. The van der Waals surface area contributed by atoms with Gasteiger partial charge in [0, 0.05) is 18.9 Å². The van der Waals surface area contributed by atoms with Crippen molar-refractivity contribution >= 4 is 21.6 Å². The van der Waals surface area contributed by atoms with E-state index in [4.69, 9.17) is 5.14 Å². The Morgan fingerprint density at radius 1 is 1.17 bits per heavy atom. The van der Waals surface area contributed by atoms with Crippen LogP contribution < -0.4 is 10.5 Å². The van der Waals surface area contributed by atoms with Crippen molar-refractivity contribution in [2.45, 2.75) is 17.9 Å². The number of pyridine rings is 1. The van der Waals surface area contributed by atoms with E-state index in [1.165, 1.54) is 12.1 Å². The number of hydrogen-bond acceptors (Lipinski definition) is 4. The highest BCUT2D eigenvalue weighted by atomic mass is 32.2. The minimum atomic E-state index is -3.70. The van der Waals surface area contributed by atoms with Gasteiger partial charge in [0.05, 0.1) is 17.0 Å². The van der Waals surface area contributed by atoms with Crippen LogP contribution in [-0.2, 0) is 27.8 Å². The first-order valence-electron chi connectivity index (χ1n) is 7.23. The molecule has 0 aliphatic heterocycles. The average molecular weight is 344 g/mol. The number of carbonyl (C=O) groups is 1. The Labute approximate surface area is 139 Å². The first-order chi connectivity index (χ1) is 11.4. The molecule has 0 spiro atoms.